The Morgan fingerprint density at radius 3 is 2.52 bits per heavy atom. The van der Waals surface area contributed by atoms with E-state index in [1.807, 2.05) is 6.92 Å². The topological polar surface area (TPSA) is 87.4 Å². The van der Waals surface area contributed by atoms with Crippen molar-refractivity contribution in [3.05, 3.63) is 45.2 Å². The maximum atomic E-state index is 13.1. The summed E-state index contributed by atoms with van der Waals surface area (Å²) in [4.78, 5) is 23.0. The third-order valence-electron chi connectivity index (χ3n) is 4.64. The number of nitrogens with one attached hydrogen (secondary N) is 1. The van der Waals surface area contributed by atoms with Crippen LogP contribution in [0.4, 0.5) is 36.2 Å². The van der Waals surface area contributed by atoms with Crippen molar-refractivity contribution >= 4 is 34.6 Å². The maximum Gasteiger partial charge on any atom is 0.417 e. The van der Waals surface area contributed by atoms with Gasteiger partial charge in [0.2, 0.25) is 11.6 Å². The molecule has 0 bridgehead atoms. The minimum Gasteiger partial charge on any atom is -0.348 e. The first-order valence-corrected chi connectivity index (χ1v) is 9.19. The Bertz CT molecular complexity index is 903. The number of likely N-dealkylation sites (N-methyl/N-ethyl adjacent to an activating group) is 1. The van der Waals surface area contributed by atoms with Crippen molar-refractivity contribution in [3.8, 4) is 0 Å². The minimum atomic E-state index is -4.66. The Labute approximate surface area is 169 Å². The van der Waals surface area contributed by atoms with Gasteiger partial charge in [-0.05, 0) is 24.7 Å². The highest BCUT2D eigenvalue weighted by molar-refractivity contribution is 6.31. The lowest BCUT2D eigenvalue weighted by atomic mass is 10.2. The molecule has 3 rings (SSSR count). The smallest absolute Gasteiger partial charge is 0.348 e. The van der Waals surface area contributed by atoms with E-state index in [9.17, 15) is 23.3 Å². The first-order valence-electron chi connectivity index (χ1n) is 8.81. The van der Waals surface area contributed by atoms with Crippen molar-refractivity contribution in [1.29, 1.82) is 0 Å². The molecule has 12 heteroatoms. The van der Waals surface area contributed by atoms with E-state index in [0.717, 1.165) is 38.1 Å². The van der Waals surface area contributed by atoms with E-state index in [4.69, 9.17) is 11.6 Å². The van der Waals surface area contributed by atoms with E-state index < -0.39 is 21.7 Å². The number of hydrogen-bond acceptors (Lipinski definition) is 7. The molecule has 0 radical (unpaired) electrons. The summed E-state index contributed by atoms with van der Waals surface area (Å²) in [5, 5.41) is 13.9. The van der Waals surface area contributed by atoms with E-state index in [2.05, 4.69) is 20.2 Å². The molecule has 1 N–H and O–H groups in total. The fourth-order valence-electron chi connectivity index (χ4n) is 3.09. The van der Waals surface area contributed by atoms with Crippen molar-refractivity contribution in [1.82, 2.24) is 14.9 Å². The number of piperazine rings is 1. The van der Waals surface area contributed by atoms with Crippen LogP contribution in [-0.4, -0.2) is 52.5 Å². The van der Waals surface area contributed by atoms with Gasteiger partial charge in [0.25, 0.3) is 0 Å². The fourth-order valence-corrected chi connectivity index (χ4v) is 3.32. The summed E-state index contributed by atoms with van der Waals surface area (Å²) < 4.78 is 39.3. The van der Waals surface area contributed by atoms with Crippen molar-refractivity contribution < 1.29 is 18.1 Å². The predicted octanol–water partition coefficient (Wildman–Crippen LogP) is 3.94. The summed E-state index contributed by atoms with van der Waals surface area (Å²) in [5.41, 5.74) is -1.46. The summed E-state index contributed by atoms with van der Waals surface area (Å²) in [6, 6.07) is 3.15. The highest BCUT2D eigenvalue weighted by atomic mass is 35.5. The Hall–Kier alpha value is -2.66. The molecule has 1 aromatic heterocycles. The van der Waals surface area contributed by atoms with E-state index in [1.54, 1.807) is 4.90 Å². The summed E-state index contributed by atoms with van der Waals surface area (Å²) in [5.74, 6) is -0.0540. The number of benzene rings is 1. The van der Waals surface area contributed by atoms with Gasteiger partial charge in [0, 0.05) is 31.9 Å². The second kappa shape index (κ2) is 8.37. The molecule has 0 amide bonds. The van der Waals surface area contributed by atoms with Crippen LogP contribution in [0, 0.1) is 10.1 Å². The number of rotatable bonds is 5. The second-order valence-electron chi connectivity index (χ2n) is 6.39. The summed E-state index contributed by atoms with van der Waals surface area (Å²) in [6.45, 7) is 5.46. The highest BCUT2D eigenvalue weighted by Gasteiger charge is 2.34. The van der Waals surface area contributed by atoms with Crippen LogP contribution in [0.3, 0.4) is 0 Å². The predicted molar refractivity (Wildman–Crippen MR) is 103 cm³/mol. The molecule has 1 aliphatic heterocycles. The molecule has 1 aromatic carbocycles. The van der Waals surface area contributed by atoms with Crippen molar-refractivity contribution in [3.63, 3.8) is 0 Å². The first kappa shape index (κ1) is 21.1. The van der Waals surface area contributed by atoms with Crippen LogP contribution in [0.2, 0.25) is 5.02 Å². The van der Waals surface area contributed by atoms with Gasteiger partial charge in [0.05, 0.1) is 15.5 Å². The van der Waals surface area contributed by atoms with Crippen LogP contribution in [0.15, 0.2) is 24.5 Å². The van der Waals surface area contributed by atoms with Crippen LogP contribution in [0.1, 0.15) is 12.5 Å². The molecule has 1 fully saturated rings. The zero-order chi connectivity index (χ0) is 21.2. The van der Waals surface area contributed by atoms with E-state index >= 15 is 0 Å². The maximum absolute atomic E-state index is 13.1. The number of nitro groups is 1. The molecule has 0 aliphatic carbocycles. The Kier molecular flexibility index (Phi) is 6.08. The lowest BCUT2D eigenvalue weighted by molar-refractivity contribution is -0.383. The molecule has 0 atom stereocenters. The van der Waals surface area contributed by atoms with Gasteiger partial charge >= 0.3 is 11.9 Å². The molecule has 0 unspecified atom stereocenters. The van der Waals surface area contributed by atoms with Gasteiger partial charge in [-0.3, -0.25) is 10.1 Å². The van der Waals surface area contributed by atoms with Gasteiger partial charge in [-0.2, -0.15) is 13.2 Å². The van der Waals surface area contributed by atoms with Crippen LogP contribution >= 0.6 is 11.6 Å². The number of aromatic nitrogens is 2. The molecule has 1 saturated heterocycles. The largest absolute Gasteiger partial charge is 0.417 e. The third-order valence-corrected chi connectivity index (χ3v) is 4.97. The van der Waals surface area contributed by atoms with E-state index in [0.29, 0.717) is 13.1 Å². The third kappa shape index (κ3) is 4.67. The van der Waals surface area contributed by atoms with Crippen LogP contribution in [0.25, 0.3) is 0 Å². The number of halogens is 4. The molecule has 2 heterocycles. The molecule has 0 saturated carbocycles. The van der Waals surface area contributed by atoms with Crippen LogP contribution < -0.4 is 10.2 Å². The van der Waals surface area contributed by atoms with Gasteiger partial charge in [-0.15, -0.1) is 0 Å². The highest BCUT2D eigenvalue weighted by Crippen LogP contribution is 2.38. The quantitative estimate of drug-likeness (QED) is 0.567. The van der Waals surface area contributed by atoms with Gasteiger partial charge in [0.1, 0.15) is 6.33 Å². The average molecular weight is 431 g/mol. The minimum absolute atomic E-state index is 0.0229. The van der Waals surface area contributed by atoms with Crippen molar-refractivity contribution in [2.24, 2.45) is 0 Å². The van der Waals surface area contributed by atoms with Crippen molar-refractivity contribution in [2.45, 2.75) is 13.1 Å². The zero-order valence-electron chi connectivity index (χ0n) is 15.4. The Balaban J connectivity index is 1.94. The SMILES string of the molecule is CCN1CCN(c2ncnc(Nc3ccc(Cl)c(C(F)(F)F)c3)c2[N+](=O)[O-])CC1. The van der Waals surface area contributed by atoms with Crippen LogP contribution in [0.5, 0.6) is 0 Å². The van der Waals surface area contributed by atoms with E-state index in [1.165, 1.54) is 6.07 Å². The fraction of sp³-hybridized carbons (Fsp3) is 0.412. The van der Waals surface area contributed by atoms with Gasteiger partial charge in [0.15, 0.2) is 0 Å². The van der Waals surface area contributed by atoms with Crippen molar-refractivity contribution in [2.75, 3.05) is 42.9 Å². The van der Waals surface area contributed by atoms with Crippen LogP contribution in [-0.2, 0) is 6.18 Å². The number of hydrogen-bond donors (Lipinski definition) is 1. The molecule has 29 heavy (non-hydrogen) atoms. The zero-order valence-corrected chi connectivity index (χ0v) is 16.2. The summed E-state index contributed by atoms with van der Waals surface area (Å²) >= 11 is 5.62. The average Bonchev–Trinajstić information content (AvgIpc) is 2.68. The molecule has 1 aliphatic rings. The lowest BCUT2D eigenvalue weighted by Crippen LogP contribution is -2.46. The molecule has 2 aromatic rings. The number of alkyl halides is 3. The number of anilines is 3. The second-order valence-corrected chi connectivity index (χ2v) is 6.80. The molecule has 0 spiro atoms. The van der Waals surface area contributed by atoms with Gasteiger partial charge in [-0.1, -0.05) is 18.5 Å². The lowest BCUT2D eigenvalue weighted by Gasteiger charge is -2.34. The van der Waals surface area contributed by atoms with Gasteiger partial charge in [-0.25, -0.2) is 9.97 Å². The normalized spacial score (nSPS) is 15.4. The molecule has 156 valence electrons. The number of nitrogens with zero attached hydrogens (tertiary/aromatic N) is 5. The standard InChI is InChI=1S/C17H18ClF3N6O2/c1-2-25-5-7-26(8-6-25)16-14(27(28)29)15(22-10-23-16)24-11-3-4-13(18)12(9-11)17(19,20)21/h3-4,9-10H,2,5-8H2,1H3,(H,22,23,24). The Morgan fingerprint density at radius 1 is 1.24 bits per heavy atom. The first-order chi connectivity index (χ1) is 13.7. The molecular formula is C17H18ClF3N6O2. The monoisotopic (exact) mass is 430 g/mol. The summed E-state index contributed by atoms with van der Waals surface area (Å²) in [7, 11) is 0. The molecular weight excluding hydrogens is 413 g/mol. The van der Waals surface area contributed by atoms with Gasteiger partial charge < -0.3 is 15.1 Å². The van der Waals surface area contributed by atoms with E-state index in [-0.39, 0.29) is 23.0 Å². The Morgan fingerprint density at radius 2 is 1.93 bits per heavy atom. The summed E-state index contributed by atoms with van der Waals surface area (Å²) in [6.07, 6.45) is -3.51. The molecule has 8 nitrogen and oxygen atoms in total.